The fraction of sp³-hybridized carbons (Fsp3) is 0. The van der Waals surface area contributed by atoms with Gasteiger partial charge in [0.25, 0.3) is 0 Å². The summed E-state index contributed by atoms with van der Waals surface area (Å²) in [5.41, 5.74) is 8.46. The summed E-state index contributed by atoms with van der Waals surface area (Å²) in [5, 5.41) is 13.4. The zero-order chi connectivity index (χ0) is 16.5. The molecule has 0 aliphatic carbocycles. The number of rotatable bonds is 2. The average Bonchev–Trinajstić information content (AvgIpc) is 2.61. The van der Waals surface area contributed by atoms with Gasteiger partial charge < -0.3 is 5.73 Å². The Morgan fingerprint density at radius 1 is 0.750 bits per heavy atom. The molecule has 24 heavy (non-hydrogen) atoms. The zero-order valence-corrected chi connectivity index (χ0v) is 13.5. The molecule has 4 heteroatoms. The molecule has 0 saturated heterocycles. The first-order valence-electron chi connectivity index (χ1n) is 7.59. The average molecular weight is 332 g/mol. The van der Waals surface area contributed by atoms with Crippen LogP contribution in [0.3, 0.4) is 0 Å². The van der Waals surface area contributed by atoms with Crippen molar-refractivity contribution < 1.29 is 0 Å². The molecule has 0 aliphatic heterocycles. The van der Waals surface area contributed by atoms with Crippen LogP contribution < -0.4 is 5.73 Å². The van der Waals surface area contributed by atoms with Crippen molar-refractivity contribution in [1.29, 1.82) is 0 Å². The van der Waals surface area contributed by atoms with Crippen molar-refractivity contribution in [1.82, 2.24) is 0 Å². The SMILES string of the molecule is Nc1c(N=Nc2ccccc2)ccc2ccc3ccc(Cl)cc3c12. The maximum Gasteiger partial charge on any atom is 0.109 e. The van der Waals surface area contributed by atoms with Gasteiger partial charge in [-0.1, -0.05) is 54.1 Å². The Bertz CT molecular complexity index is 1070. The fourth-order valence-corrected chi connectivity index (χ4v) is 3.00. The van der Waals surface area contributed by atoms with Crippen LogP contribution in [0.1, 0.15) is 0 Å². The van der Waals surface area contributed by atoms with Gasteiger partial charge in [-0.15, -0.1) is 5.11 Å². The number of nitrogens with two attached hydrogens (primary N) is 1. The number of benzene rings is 4. The van der Waals surface area contributed by atoms with Crippen molar-refractivity contribution in [3.8, 4) is 0 Å². The predicted octanol–water partition coefficient (Wildman–Crippen LogP) is 6.64. The van der Waals surface area contributed by atoms with Crippen LogP contribution in [0.15, 0.2) is 83.0 Å². The van der Waals surface area contributed by atoms with Crippen molar-refractivity contribution >= 4 is 50.2 Å². The number of nitrogens with zero attached hydrogens (tertiary/aromatic N) is 2. The molecule has 4 aromatic rings. The Hall–Kier alpha value is -2.91. The number of halogens is 1. The molecule has 0 aliphatic rings. The first kappa shape index (κ1) is 14.7. The van der Waals surface area contributed by atoms with Gasteiger partial charge in [0.1, 0.15) is 5.69 Å². The third kappa shape index (κ3) is 2.59. The summed E-state index contributed by atoms with van der Waals surface area (Å²) in [5.74, 6) is 0. The van der Waals surface area contributed by atoms with Gasteiger partial charge in [0.05, 0.1) is 11.4 Å². The molecule has 0 bridgehead atoms. The van der Waals surface area contributed by atoms with E-state index < -0.39 is 0 Å². The van der Waals surface area contributed by atoms with E-state index in [1.165, 1.54) is 0 Å². The van der Waals surface area contributed by atoms with Gasteiger partial charge in [-0.2, -0.15) is 5.11 Å². The summed E-state index contributed by atoms with van der Waals surface area (Å²) in [6.07, 6.45) is 0. The van der Waals surface area contributed by atoms with Crippen molar-refractivity contribution in [3.63, 3.8) is 0 Å². The van der Waals surface area contributed by atoms with Crippen LogP contribution in [0.2, 0.25) is 5.02 Å². The quantitative estimate of drug-likeness (QED) is 0.250. The molecule has 0 spiro atoms. The van der Waals surface area contributed by atoms with Gasteiger partial charge in [0, 0.05) is 10.4 Å². The maximum absolute atomic E-state index is 6.40. The number of nitrogen functional groups attached to an aromatic ring is 1. The Balaban J connectivity index is 1.92. The normalized spacial score (nSPS) is 11.5. The summed E-state index contributed by atoms with van der Waals surface area (Å²) in [4.78, 5) is 0. The van der Waals surface area contributed by atoms with E-state index in [1.807, 2.05) is 60.7 Å². The second kappa shape index (κ2) is 5.95. The summed E-state index contributed by atoms with van der Waals surface area (Å²) in [7, 11) is 0. The van der Waals surface area contributed by atoms with Crippen molar-refractivity contribution in [3.05, 3.63) is 77.8 Å². The fourth-order valence-electron chi connectivity index (χ4n) is 2.83. The van der Waals surface area contributed by atoms with E-state index >= 15 is 0 Å². The highest BCUT2D eigenvalue weighted by molar-refractivity contribution is 6.32. The Labute approximate surface area is 144 Å². The topological polar surface area (TPSA) is 50.7 Å². The van der Waals surface area contributed by atoms with Gasteiger partial charge >= 0.3 is 0 Å². The van der Waals surface area contributed by atoms with E-state index in [0.29, 0.717) is 16.4 Å². The third-order valence-corrected chi connectivity index (χ3v) is 4.25. The zero-order valence-electron chi connectivity index (χ0n) is 12.8. The van der Waals surface area contributed by atoms with Crippen molar-refractivity contribution in [2.75, 3.05) is 5.73 Å². The monoisotopic (exact) mass is 331 g/mol. The van der Waals surface area contributed by atoms with Crippen LogP contribution in [0.25, 0.3) is 21.5 Å². The van der Waals surface area contributed by atoms with E-state index in [0.717, 1.165) is 27.2 Å². The van der Waals surface area contributed by atoms with Gasteiger partial charge in [0.15, 0.2) is 0 Å². The second-order valence-electron chi connectivity index (χ2n) is 5.56. The molecule has 4 aromatic carbocycles. The number of hydrogen-bond donors (Lipinski definition) is 1. The number of fused-ring (bicyclic) bond motifs is 3. The van der Waals surface area contributed by atoms with Crippen LogP contribution in [0.4, 0.5) is 17.1 Å². The molecule has 0 aromatic heterocycles. The maximum atomic E-state index is 6.40. The lowest BCUT2D eigenvalue weighted by molar-refractivity contribution is 1.24. The highest BCUT2D eigenvalue weighted by Crippen LogP contribution is 2.37. The first-order valence-corrected chi connectivity index (χ1v) is 7.97. The summed E-state index contributed by atoms with van der Waals surface area (Å²) in [6, 6.07) is 23.4. The highest BCUT2D eigenvalue weighted by Gasteiger charge is 2.08. The van der Waals surface area contributed by atoms with Crippen LogP contribution in [-0.4, -0.2) is 0 Å². The van der Waals surface area contributed by atoms with E-state index in [2.05, 4.69) is 22.4 Å². The largest absolute Gasteiger partial charge is 0.396 e. The van der Waals surface area contributed by atoms with E-state index in [1.54, 1.807) is 0 Å². The molecule has 4 rings (SSSR count). The van der Waals surface area contributed by atoms with Crippen LogP contribution in [0, 0.1) is 0 Å². The number of azo groups is 1. The molecular weight excluding hydrogens is 318 g/mol. The van der Waals surface area contributed by atoms with E-state index in [4.69, 9.17) is 17.3 Å². The lowest BCUT2D eigenvalue weighted by atomic mass is 10.00. The van der Waals surface area contributed by atoms with Crippen molar-refractivity contribution in [2.24, 2.45) is 10.2 Å². The van der Waals surface area contributed by atoms with Crippen molar-refractivity contribution in [2.45, 2.75) is 0 Å². The lowest BCUT2D eigenvalue weighted by Gasteiger charge is -2.09. The molecule has 2 N–H and O–H groups in total. The minimum Gasteiger partial charge on any atom is -0.396 e. The lowest BCUT2D eigenvalue weighted by Crippen LogP contribution is -1.89. The summed E-state index contributed by atoms with van der Waals surface area (Å²) < 4.78 is 0. The van der Waals surface area contributed by atoms with E-state index in [9.17, 15) is 0 Å². The second-order valence-corrected chi connectivity index (χ2v) is 6.00. The number of anilines is 1. The minimum absolute atomic E-state index is 0.611. The summed E-state index contributed by atoms with van der Waals surface area (Å²) in [6.45, 7) is 0. The Kier molecular flexibility index (Phi) is 3.63. The molecule has 3 nitrogen and oxygen atoms in total. The smallest absolute Gasteiger partial charge is 0.109 e. The predicted molar refractivity (Wildman–Crippen MR) is 101 cm³/mol. The number of hydrogen-bond acceptors (Lipinski definition) is 3. The first-order chi connectivity index (χ1) is 11.7. The van der Waals surface area contributed by atoms with Gasteiger partial charge in [-0.25, -0.2) is 0 Å². The minimum atomic E-state index is 0.611. The van der Waals surface area contributed by atoms with Gasteiger partial charge in [0.2, 0.25) is 0 Å². The van der Waals surface area contributed by atoms with Crippen LogP contribution >= 0.6 is 11.6 Å². The molecule has 0 atom stereocenters. The molecule has 0 radical (unpaired) electrons. The molecule has 116 valence electrons. The third-order valence-electron chi connectivity index (χ3n) is 4.01. The molecule has 0 saturated carbocycles. The molecule has 0 amide bonds. The Morgan fingerprint density at radius 3 is 2.29 bits per heavy atom. The molecule has 0 heterocycles. The molecular formula is C20H14ClN3. The van der Waals surface area contributed by atoms with E-state index in [-0.39, 0.29) is 0 Å². The molecule has 0 fully saturated rings. The van der Waals surface area contributed by atoms with Crippen LogP contribution in [-0.2, 0) is 0 Å². The van der Waals surface area contributed by atoms with Crippen LogP contribution in [0.5, 0.6) is 0 Å². The Morgan fingerprint density at radius 2 is 1.46 bits per heavy atom. The molecule has 0 unspecified atom stereocenters. The summed E-state index contributed by atoms with van der Waals surface area (Å²) >= 11 is 6.17. The van der Waals surface area contributed by atoms with Gasteiger partial charge in [-0.3, -0.25) is 0 Å². The standard InChI is InChI=1S/C20H14ClN3/c21-15-10-8-13-6-7-14-9-11-18(20(22)19(14)17(13)12-15)24-23-16-4-2-1-3-5-16/h1-12H,22H2. The van der Waals surface area contributed by atoms with Gasteiger partial charge in [-0.05, 0) is 46.5 Å². The highest BCUT2D eigenvalue weighted by atomic mass is 35.5.